The van der Waals surface area contributed by atoms with Gasteiger partial charge in [-0.05, 0) is 13.8 Å². The molecule has 0 saturated heterocycles. The van der Waals surface area contributed by atoms with Gasteiger partial charge in [0.15, 0.2) is 0 Å². The van der Waals surface area contributed by atoms with Crippen LogP contribution in [-0.2, 0) is 28.5 Å². The molecule has 18 heteroatoms. The monoisotopic (exact) mass is 502 g/mol. The predicted octanol–water partition coefficient (Wildman–Crippen LogP) is 4.82. The first-order valence-electron chi connectivity index (χ1n) is 7.27. The van der Waals surface area contributed by atoms with E-state index in [0.717, 1.165) is 0 Å². The largest absolute Gasteiger partial charge is 0.496 e. The third kappa shape index (κ3) is 6.50. The lowest BCUT2D eigenvalue weighted by molar-refractivity contribution is -0.559. The van der Waals surface area contributed by atoms with Crippen LogP contribution < -0.4 is 0 Å². The average Bonchev–Trinajstić information content (AvgIpc) is 2.51. The highest BCUT2D eigenvalue weighted by atomic mass is 19.4. The van der Waals surface area contributed by atoms with Crippen molar-refractivity contribution in [3.8, 4) is 0 Å². The number of hydrogen-bond acceptors (Lipinski definition) is 6. The quantitative estimate of drug-likeness (QED) is 0.230. The highest BCUT2D eigenvalue weighted by Gasteiger charge is 2.76. The zero-order valence-corrected chi connectivity index (χ0v) is 15.4. The average molecular weight is 502 g/mol. The maximum atomic E-state index is 13.3. The van der Waals surface area contributed by atoms with Crippen molar-refractivity contribution in [1.82, 2.24) is 0 Å². The number of rotatable bonds is 11. The second kappa shape index (κ2) is 8.80. The fourth-order valence-electron chi connectivity index (χ4n) is 1.09. The van der Waals surface area contributed by atoms with E-state index in [0.29, 0.717) is 13.8 Å². The Kier molecular flexibility index (Phi) is 8.11. The molecule has 32 heavy (non-hydrogen) atoms. The minimum absolute atomic E-state index is 0.608. The lowest BCUT2D eigenvalue weighted by Gasteiger charge is -2.34. The van der Waals surface area contributed by atoms with Gasteiger partial charge in [-0.3, -0.25) is 0 Å². The number of hydrogen-bond donors (Lipinski definition) is 0. The number of halogens is 12. The van der Waals surface area contributed by atoms with Crippen molar-refractivity contribution in [3.05, 3.63) is 24.3 Å². The highest BCUT2D eigenvalue weighted by molar-refractivity contribution is 5.87. The van der Waals surface area contributed by atoms with E-state index in [-0.39, 0.29) is 0 Å². The van der Waals surface area contributed by atoms with Crippen LogP contribution in [0.5, 0.6) is 0 Å². The standard InChI is InChI=1S/C14H10F12O6/c1-5(2)7(27)29-9(15,16)11(19,20)31-13(23,24)14(25,26)32-12(21,22)10(17,18)30-8(28)6(3)4/h1,3H2,2,4H3. The minimum Gasteiger partial charge on any atom is -0.391 e. The first-order valence-corrected chi connectivity index (χ1v) is 7.27. The van der Waals surface area contributed by atoms with Crippen LogP contribution in [0.4, 0.5) is 52.7 Å². The van der Waals surface area contributed by atoms with Crippen LogP contribution in [0.1, 0.15) is 13.8 Å². The van der Waals surface area contributed by atoms with Gasteiger partial charge in [0.05, 0.1) is 0 Å². The molecule has 0 rings (SSSR count). The van der Waals surface area contributed by atoms with Crippen molar-refractivity contribution in [2.75, 3.05) is 0 Å². The summed E-state index contributed by atoms with van der Waals surface area (Å²) < 4.78 is 168. The van der Waals surface area contributed by atoms with Gasteiger partial charge in [0.25, 0.3) is 0 Å². The molecule has 0 radical (unpaired) electrons. The molecule has 0 aliphatic rings. The van der Waals surface area contributed by atoms with Crippen molar-refractivity contribution < 1.29 is 81.2 Å². The van der Waals surface area contributed by atoms with E-state index in [1.807, 2.05) is 9.47 Å². The molecule has 6 nitrogen and oxygen atoms in total. The molecule has 0 aromatic heterocycles. The van der Waals surface area contributed by atoms with E-state index in [1.54, 1.807) is 0 Å². The third-order valence-electron chi connectivity index (χ3n) is 2.67. The van der Waals surface area contributed by atoms with Gasteiger partial charge in [-0.25, -0.2) is 19.1 Å². The van der Waals surface area contributed by atoms with Gasteiger partial charge in [-0.1, -0.05) is 13.2 Å². The molecule has 0 aliphatic heterocycles. The first-order chi connectivity index (χ1) is 13.8. The molecule has 0 N–H and O–H groups in total. The normalized spacial score (nSPS) is 14.1. The van der Waals surface area contributed by atoms with Crippen molar-refractivity contribution in [2.45, 2.75) is 50.5 Å². The fourth-order valence-corrected chi connectivity index (χ4v) is 1.09. The third-order valence-corrected chi connectivity index (χ3v) is 2.67. The van der Waals surface area contributed by atoms with Gasteiger partial charge >= 0.3 is 48.6 Å². The molecule has 0 unspecified atom stereocenters. The summed E-state index contributed by atoms with van der Waals surface area (Å²) in [5, 5.41) is 0. The van der Waals surface area contributed by atoms with E-state index in [9.17, 15) is 62.3 Å². The van der Waals surface area contributed by atoms with Crippen LogP contribution in [0.3, 0.4) is 0 Å². The molecule has 0 atom stereocenters. The van der Waals surface area contributed by atoms with Gasteiger partial charge in [-0.2, -0.15) is 52.7 Å². The van der Waals surface area contributed by atoms with Gasteiger partial charge in [0, 0.05) is 11.1 Å². The number of ether oxygens (including phenoxy) is 4. The van der Waals surface area contributed by atoms with Crippen molar-refractivity contribution >= 4 is 11.9 Å². The highest BCUT2D eigenvalue weighted by Crippen LogP contribution is 2.49. The zero-order valence-electron chi connectivity index (χ0n) is 15.4. The molecule has 0 fully saturated rings. The molecule has 0 aliphatic carbocycles. The summed E-state index contributed by atoms with van der Waals surface area (Å²) in [7, 11) is 0. The van der Waals surface area contributed by atoms with E-state index >= 15 is 0 Å². The van der Waals surface area contributed by atoms with E-state index < -0.39 is 59.7 Å². The first kappa shape index (κ1) is 29.5. The Labute approximate surface area is 169 Å². The van der Waals surface area contributed by atoms with E-state index in [4.69, 9.17) is 0 Å². The Morgan fingerprint density at radius 1 is 0.500 bits per heavy atom. The van der Waals surface area contributed by atoms with Gasteiger partial charge in [-0.15, -0.1) is 0 Å². The van der Waals surface area contributed by atoms with Gasteiger partial charge < -0.3 is 9.47 Å². The lowest BCUT2D eigenvalue weighted by Crippen LogP contribution is -2.59. The summed E-state index contributed by atoms with van der Waals surface area (Å²) in [4.78, 5) is 21.6. The number of alkyl halides is 12. The summed E-state index contributed by atoms with van der Waals surface area (Å²) >= 11 is 0. The summed E-state index contributed by atoms with van der Waals surface area (Å²) in [6.07, 6.45) is -41.0. The molecule has 0 bridgehead atoms. The molecular formula is C14H10F12O6. The minimum atomic E-state index is -7.20. The van der Waals surface area contributed by atoms with Crippen LogP contribution in [-0.4, -0.2) is 48.6 Å². The molecule has 0 aromatic rings. The second-order valence-electron chi connectivity index (χ2n) is 5.64. The Balaban J connectivity index is 5.81. The van der Waals surface area contributed by atoms with Crippen LogP contribution in [0, 0.1) is 0 Å². The fraction of sp³-hybridized carbons (Fsp3) is 0.571. The Bertz CT molecular complexity index is 712. The Morgan fingerprint density at radius 3 is 0.875 bits per heavy atom. The molecular weight excluding hydrogens is 492 g/mol. The number of esters is 2. The maximum Gasteiger partial charge on any atom is 0.496 e. The molecule has 0 spiro atoms. The van der Waals surface area contributed by atoms with Crippen LogP contribution >= 0.6 is 0 Å². The van der Waals surface area contributed by atoms with Crippen LogP contribution in [0.15, 0.2) is 24.3 Å². The topological polar surface area (TPSA) is 71.1 Å². The molecule has 0 aromatic carbocycles. The Hall–Kier alpha value is -2.50. The number of carbonyl (C=O) groups excluding carboxylic acids is 2. The molecule has 0 saturated carbocycles. The lowest BCUT2D eigenvalue weighted by atomic mass is 10.3. The zero-order chi connectivity index (χ0) is 26.1. The number of carbonyl (C=O) groups is 2. The molecule has 186 valence electrons. The van der Waals surface area contributed by atoms with Crippen molar-refractivity contribution in [1.29, 1.82) is 0 Å². The van der Waals surface area contributed by atoms with Crippen molar-refractivity contribution in [3.63, 3.8) is 0 Å². The SMILES string of the molecule is C=C(C)C(=O)OC(F)(F)C(F)(F)OC(F)(F)C(F)(F)OC(F)(F)C(F)(F)OC(=O)C(=C)C. The van der Waals surface area contributed by atoms with Gasteiger partial charge in [0.1, 0.15) is 0 Å². The summed E-state index contributed by atoms with van der Waals surface area (Å²) in [5.74, 6) is -4.70. The molecule has 0 amide bonds. The van der Waals surface area contributed by atoms with Crippen LogP contribution in [0.25, 0.3) is 0 Å². The molecule has 0 heterocycles. The maximum absolute atomic E-state index is 13.3. The summed E-state index contributed by atoms with van der Waals surface area (Å²) in [6, 6.07) is 0. The second-order valence-corrected chi connectivity index (χ2v) is 5.64. The summed E-state index contributed by atoms with van der Waals surface area (Å²) in [6.45, 7) is 6.52. The van der Waals surface area contributed by atoms with Crippen LogP contribution in [0.2, 0.25) is 0 Å². The summed E-state index contributed by atoms with van der Waals surface area (Å²) in [5.41, 5.74) is -2.01. The van der Waals surface area contributed by atoms with E-state index in [1.165, 1.54) is 0 Å². The Morgan fingerprint density at radius 2 is 0.688 bits per heavy atom. The van der Waals surface area contributed by atoms with E-state index in [2.05, 4.69) is 22.6 Å². The van der Waals surface area contributed by atoms with Crippen molar-refractivity contribution in [2.24, 2.45) is 0 Å². The predicted molar refractivity (Wildman–Crippen MR) is 73.7 cm³/mol. The van der Waals surface area contributed by atoms with Gasteiger partial charge in [0.2, 0.25) is 0 Å². The smallest absolute Gasteiger partial charge is 0.391 e.